The molecule has 0 atom stereocenters. The van der Waals surface area contributed by atoms with Crippen LogP contribution in [-0.4, -0.2) is 15.2 Å². The van der Waals surface area contributed by atoms with Crippen LogP contribution in [-0.2, 0) is 0 Å². The lowest BCUT2D eigenvalue weighted by molar-refractivity contribution is 0.932. The summed E-state index contributed by atoms with van der Waals surface area (Å²) in [7, 11) is 0. The van der Waals surface area contributed by atoms with Crippen LogP contribution < -0.4 is 5.73 Å². The molecule has 0 unspecified atom stereocenters. The molecule has 0 aliphatic heterocycles. The summed E-state index contributed by atoms with van der Waals surface area (Å²) in [5.74, 6) is 0.141. The van der Waals surface area contributed by atoms with Gasteiger partial charge in [-0.3, -0.25) is 0 Å². The number of nitrogens with two attached hydrogens (primary N) is 1. The van der Waals surface area contributed by atoms with Crippen LogP contribution in [0.4, 0.5) is 5.95 Å². The number of hydrogen-bond donors (Lipinski definition) is 1. The molecule has 2 rings (SSSR count). The van der Waals surface area contributed by atoms with Gasteiger partial charge in [-0.05, 0) is 30.7 Å². The van der Waals surface area contributed by atoms with E-state index in [1.54, 1.807) is 18.2 Å². The Hall–Kier alpha value is -1.65. The van der Waals surface area contributed by atoms with Crippen molar-refractivity contribution in [2.75, 3.05) is 5.73 Å². The van der Waals surface area contributed by atoms with Crippen molar-refractivity contribution in [2.45, 2.75) is 6.92 Å². The molecule has 6 heteroatoms. The third kappa shape index (κ3) is 2.97. The Kier molecular flexibility index (Phi) is 3.79. The Morgan fingerprint density at radius 3 is 2.67 bits per heavy atom. The van der Waals surface area contributed by atoms with Crippen molar-refractivity contribution in [2.24, 2.45) is 0 Å². The third-order valence-electron chi connectivity index (χ3n) is 2.29. The fourth-order valence-corrected chi connectivity index (χ4v) is 1.84. The smallest absolute Gasteiger partial charge is 0.240 e. The molecule has 0 saturated carbocycles. The molecule has 1 aromatic heterocycles. The average molecular weight is 281 g/mol. The molecule has 0 fully saturated rings. The predicted octanol–water partition coefficient (Wildman–Crippen LogP) is 3.24. The summed E-state index contributed by atoms with van der Waals surface area (Å²) in [6.45, 7) is 1.81. The Labute approximate surface area is 114 Å². The van der Waals surface area contributed by atoms with Crippen LogP contribution in [0, 0.1) is 6.92 Å². The van der Waals surface area contributed by atoms with Crippen LogP contribution in [0.1, 0.15) is 17.0 Å². The molecular weight excluding hydrogens is 271 g/mol. The maximum absolute atomic E-state index is 6.06. The van der Waals surface area contributed by atoms with E-state index < -0.39 is 0 Å². The number of nitrogens with zero attached hydrogens (tertiary/aromatic N) is 3. The number of nitrogen functional groups attached to an aromatic ring is 1. The van der Waals surface area contributed by atoms with Crippen molar-refractivity contribution >= 4 is 41.3 Å². The quantitative estimate of drug-likeness (QED) is 0.917. The SMILES string of the molecule is Cc1nnc(N)nc1C=Cc1ccc(Cl)cc1Cl. The molecule has 4 nitrogen and oxygen atoms in total. The van der Waals surface area contributed by atoms with E-state index in [-0.39, 0.29) is 5.95 Å². The van der Waals surface area contributed by atoms with Crippen LogP contribution >= 0.6 is 23.2 Å². The minimum atomic E-state index is 0.141. The van der Waals surface area contributed by atoms with Gasteiger partial charge in [0.1, 0.15) is 0 Å². The van der Waals surface area contributed by atoms with Crippen LogP contribution in [0.5, 0.6) is 0 Å². The van der Waals surface area contributed by atoms with Gasteiger partial charge in [-0.25, -0.2) is 4.98 Å². The van der Waals surface area contributed by atoms with Gasteiger partial charge < -0.3 is 5.73 Å². The van der Waals surface area contributed by atoms with Gasteiger partial charge in [0, 0.05) is 10.0 Å². The number of hydrogen-bond acceptors (Lipinski definition) is 4. The lowest BCUT2D eigenvalue weighted by atomic mass is 10.2. The lowest BCUT2D eigenvalue weighted by Crippen LogP contribution is -2.01. The van der Waals surface area contributed by atoms with Gasteiger partial charge in [-0.2, -0.15) is 0 Å². The van der Waals surface area contributed by atoms with E-state index in [1.807, 2.05) is 19.1 Å². The topological polar surface area (TPSA) is 64.7 Å². The van der Waals surface area contributed by atoms with Gasteiger partial charge in [0.25, 0.3) is 0 Å². The molecule has 0 spiro atoms. The minimum Gasteiger partial charge on any atom is -0.366 e. The van der Waals surface area contributed by atoms with Crippen molar-refractivity contribution in [3.63, 3.8) is 0 Å². The largest absolute Gasteiger partial charge is 0.366 e. The molecule has 2 aromatic rings. The van der Waals surface area contributed by atoms with E-state index in [1.165, 1.54) is 0 Å². The fraction of sp³-hybridized carbons (Fsp3) is 0.0833. The van der Waals surface area contributed by atoms with Crippen LogP contribution in [0.2, 0.25) is 10.0 Å². The first-order chi connectivity index (χ1) is 8.56. The molecule has 2 N–H and O–H groups in total. The first-order valence-electron chi connectivity index (χ1n) is 5.16. The first kappa shape index (κ1) is 12.8. The summed E-state index contributed by atoms with van der Waals surface area (Å²) in [6.07, 6.45) is 3.62. The second-order valence-electron chi connectivity index (χ2n) is 3.64. The van der Waals surface area contributed by atoms with Gasteiger partial charge in [0.2, 0.25) is 5.95 Å². The molecule has 92 valence electrons. The van der Waals surface area contributed by atoms with Crippen molar-refractivity contribution in [1.29, 1.82) is 0 Å². The van der Waals surface area contributed by atoms with Gasteiger partial charge in [0.15, 0.2) is 0 Å². The molecular formula is C12H10Cl2N4. The van der Waals surface area contributed by atoms with Crippen molar-refractivity contribution in [1.82, 2.24) is 15.2 Å². The van der Waals surface area contributed by atoms with Gasteiger partial charge in [-0.15, -0.1) is 10.2 Å². The standard InChI is InChI=1S/C12H10Cl2N4/c1-7-11(16-12(15)18-17-7)5-3-8-2-4-9(13)6-10(8)14/h2-6H,1H3,(H2,15,16,18). The Bertz CT molecular complexity index is 611. The molecule has 0 aliphatic rings. The fourth-order valence-electron chi connectivity index (χ4n) is 1.37. The number of aromatic nitrogens is 3. The summed E-state index contributed by atoms with van der Waals surface area (Å²) in [6, 6.07) is 5.28. The summed E-state index contributed by atoms with van der Waals surface area (Å²) < 4.78 is 0. The van der Waals surface area contributed by atoms with Crippen molar-refractivity contribution in [3.8, 4) is 0 Å². The highest BCUT2D eigenvalue weighted by Gasteiger charge is 2.01. The zero-order valence-corrected chi connectivity index (χ0v) is 11.1. The monoisotopic (exact) mass is 280 g/mol. The molecule has 18 heavy (non-hydrogen) atoms. The summed E-state index contributed by atoms with van der Waals surface area (Å²) in [5.41, 5.74) is 7.69. The van der Waals surface area contributed by atoms with Crippen LogP contribution in [0.25, 0.3) is 12.2 Å². The Balaban J connectivity index is 2.32. The molecule has 0 saturated heterocycles. The van der Waals surface area contributed by atoms with E-state index in [2.05, 4.69) is 15.2 Å². The van der Waals surface area contributed by atoms with E-state index in [0.29, 0.717) is 21.4 Å². The van der Waals surface area contributed by atoms with Gasteiger partial charge >= 0.3 is 0 Å². The Morgan fingerprint density at radius 2 is 1.94 bits per heavy atom. The molecule has 0 bridgehead atoms. The van der Waals surface area contributed by atoms with Crippen molar-refractivity contribution < 1.29 is 0 Å². The first-order valence-corrected chi connectivity index (χ1v) is 5.92. The molecule has 0 aliphatic carbocycles. The molecule has 0 amide bonds. The number of rotatable bonds is 2. The zero-order chi connectivity index (χ0) is 13.1. The van der Waals surface area contributed by atoms with Crippen LogP contribution in [0.3, 0.4) is 0 Å². The highest BCUT2D eigenvalue weighted by molar-refractivity contribution is 6.35. The van der Waals surface area contributed by atoms with Gasteiger partial charge in [-0.1, -0.05) is 35.3 Å². The van der Waals surface area contributed by atoms with E-state index in [9.17, 15) is 0 Å². The summed E-state index contributed by atoms with van der Waals surface area (Å²) in [5, 5.41) is 8.72. The molecule has 1 aromatic carbocycles. The average Bonchev–Trinajstić information content (AvgIpc) is 2.32. The van der Waals surface area contributed by atoms with Crippen molar-refractivity contribution in [3.05, 3.63) is 45.2 Å². The minimum absolute atomic E-state index is 0.141. The number of halogens is 2. The maximum atomic E-state index is 6.06. The molecule has 0 radical (unpaired) electrons. The van der Waals surface area contributed by atoms with Gasteiger partial charge in [0.05, 0.1) is 11.4 Å². The second kappa shape index (κ2) is 5.33. The summed E-state index contributed by atoms with van der Waals surface area (Å²) in [4.78, 5) is 4.08. The van der Waals surface area contributed by atoms with Crippen LogP contribution in [0.15, 0.2) is 18.2 Å². The predicted molar refractivity (Wildman–Crippen MR) is 74.4 cm³/mol. The third-order valence-corrected chi connectivity index (χ3v) is 2.85. The second-order valence-corrected chi connectivity index (χ2v) is 4.48. The maximum Gasteiger partial charge on any atom is 0.240 e. The highest BCUT2D eigenvalue weighted by Crippen LogP contribution is 2.22. The lowest BCUT2D eigenvalue weighted by Gasteiger charge is -2.00. The van der Waals surface area contributed by atoms with E-state index >= 15 is 0 Å². The normalized spacial score (nSPS) is 11.1. The zero-order valence-electron chi connectivity index (χ0n) is 9.56. The summed E-state index contributed by atoms with van der Waals surface area (Å²) >= 11 is 11.9. The molecule has 1 heterocycles. The number of anilines is 1. The van der Waals surface area contributed by atoms with E-state index in [4.69, 9.17) is 28.9 Å². The van der Waals surface area contributed by atoms with E-state index in [0.717, 1.165) is 5.56 Å². The Morgan fingerprint density at radius 1 is 1.17 bits per heavy atom. The number of benzene rings is 1. The highest BCUT2D eigenvalue weighted by atomic mass is 35.5. The number of aryl methyl sites for hydroxylation is 1.